The summed E-state index contributed by atoms with van der Waals surface area (Å²) < 4.78 is 68.0. The molecular formula is C46H61FO16. The van der Waals surface area contributed by atoms with Gasteiger partial charge in [-0.2, -0.15) is 0 Å². The number of esters is 6. The minimum Gasteiger partial charge on any atom is -0.492 e. The van der Waals surface area contributed by atoms with Crippen LogP contribution in [0.4, 0.5) is 4.39 Å². The van der Waals surface area contributed by atoms with Gasteiger partial charge >= 0.3 is 35.8 Å². The van der Waals surface area contributed by atoms with Gasteiger partial charge in [0.2, 0.25) is 0 Å². The normalized spacial score (nSPS) is 10.9. The lowest BCUT2D eigenvalue weighted by atomic mass is 9.91. The summed E-state index contributed by atoms with van der Waals surface area (Å²) in [6, 6.07) is 9.64. The third kappa shape index (κ3) is 20.3. The van der Waals surface area contributed by atoms with Crippen LogP contribution in [0.25, 0.3) is 11.1 Å². The van der Waals surface area contributed by atoms with E-state index in [0.29, 0.717) is 29.7 Å². The summed E-state index contributed by atoms with van der Waals surface area (Å²) in [7, 11) is 2.73. The number of halogens is 1. The minimum absolute atomic E-state index is 0.00121. The van der Waals surface area contributed by atoms with E-state index in [9.17, 15) is 28.8 Å². The van der Waals surface area contributed by atoms with Crippen molar-refractivity contribution in [1.29, 1.82) is 0 Å². The second-order valence-electron chi connectivity index (χ2n) is 14.7. The van der Waals surface area contributed by atoms with Gasteiger partial charge in [-0.15, -0.1) is 0 Å². The van der Waals surface area contributed by atoms with E-state index in [-0.39, 0.29) is 62.1 Å². The summed E-state index contributed by atoms with van der Waals surface area (Å²) in [6.07, 6.45) is 6.96. The van der Waals surface area contributed by atoms with E-state index in [2.05, 4.69) is 20.1 Å². The highest BCUT2D eigenvalue weighted by atomic mass is 19.1. The van der Waals surface area contributed by atoms with Crippen LogP contribution in [0.2, 0.25) is 0 Å². The Morgan fingerprint density at radius 1 is 0.524 bits per heavy atom. The van der Waals surface area contributed by atoms with Crippen molar-refractivity contribution < 1.29 is 80.5 Å². The zero-order valence-corrected chi connectivity index (χ0v) is 37.0. The highest BCUT2D eigenvalue weighted by Gasteiger charge is 2.39. The third-order valence-electron chi connectivity index (χ3n) is 9.04. The number of benzene rings is 2. The Labute approximate surface area is 368 Å². The summed E-state index contributed by atoms with van der Waals surface area (Å²) in [5.41, 5.74) is 0.113. The van der Waals surface area contributed by atoms with Crippen LogP contribution in [0.5, 0.6) is 11.5 Å². The lowest BCUT2D eigenvalue weighted by Gasteiger charge is -2.32. The number of aryl methyl sites for hydroxylation is 1. The number of hydrogen-bond acceptors (Lipinski definition) is 16. The zero-order chi connectivity index (χ0) is 46.6. The molecule has 17 heteroatoms. The van der Waals surface area contributed by atoms with Gasteiger partial charge in [0.1, 0.15) is 50.8 Å². The predicted molar refractivity (Wildman–Crippen MR) is 226 cm³/mol. The maximum Gasteiger partial charge on any atom is 0.417 e. The molecule has 0 fully saturated rings. The fourth-order valence-corrected chi connectivity index (χ4v) is 5.44. The summed E-state index contributed by atoms with van der Waals surface area (Å²) in [5, 5.41) is 0. The van der Waals surface area contributed by atoms with Gasteiger partial charge in [0.25, 0.3) is 0 Å². The van der Waals surface area contributed by atoms with E-state index in [1.54, 1.807) is 30.3 Å². The quantitative estimate of drug-likeness (QED) is 0.0281. The van der Waals surface area contributed by atoms with E-state index in [1.807, 2.05) is 0 Å². The first-order valence-corrected chi connectivity index (χ1v) is 20.7. The molecule has 0 heterocycles. The molecule has 0 atom stereocenters. The van der Waals surface area contributed by atoms with Gasteiger partial charge in [-0.05, 0) is 74.1 Å². The van der Waals surface area contributed by atoms with Crippen molar-refractivity contribution >= 4 is 35.8 Å². The van der Waals surface area contributed by atoms with Gasteiger partial charge in [0.05, 0.1) is 26.4 Å². The molecule has 2 aromatic rings. The van der Waals surface area contributed by atoms with Crippen LogP contribution in [0, 0.1) is 11.2 Å². The van der Waals surface area contributed by atoms with Gasteiger partial charge in [-0.25, -0.2) is 33.2 Å². The molecular weight excluding hydrogens is 827 g/mol. The Kier molecular flexibility index (Phi) is 25.0. The van der Waals surface area contributed by atoms with Gasteiger partial charge in [-0.1, -0.05) is 64.3 Å². The largest absolute Gasteiger partial charge is 0.492 e. The summed E-state index contributed by atoms with van der Waals surface area (Å²) in [5.74, 6) is -7.22. The molecule has 348 valence electrons. The van der Waals surface area contributed by atoms with Gasteiger partial charge in [0, 0.05) is 25.4 Å². The van der Waals surface area contributed by atoms with E-state index < -0.39 is 73.5 Å². The molecule has 0 aliphatic carbocycles. The van der Waals surface area contributed by atoms with Crippen LogP contribution in [0.3, 0.4) is 0 Å². The Balaban J connectivity index is 2.50. The molecule has 0 bridgehead atoms. The molecule has 0 N–H and O–H groups in total. The molecule has 0 aliphatic heterocycles. The average Bonchev–Trinajstić information content (AvgIpc) is 3.27. The molecule has 63 heavy (non-hydrogen) atoms. The van der Waals surface area contributed by atoms with Crippen molar-refractivity contribution in [3.05, 3.63) is 72.1 Å². The van der Waals surface area contributed by atoms with Gasteiger partial charge in [-0.3, -0.25) is 0 Å². The topological polar surface area (TPSA) is 195 Å². The molecule has 0 unspecified atom stereocenters. The monoisotopic (exact) mass is 888 g/mol. The van der Waals surface area contributed by atoms with E-state index in [4.69, 9.17) is 47.4 Å². The maximum atomic E-state index is 15.3. The first kappa shape index (κ1) is 53.3. The number of unbranched alkanes of at least 4 members (excludes halogenated alkanes) is 5. The van der Waals surface area contributed by atoms with E-state index >= 15 is 4.39 Å². The van der Waals surface area contributed by atoms with Crippen molar-refractivity contribution in [2.45, 2.75) is 72.1 Å². The fourth-order valence-electron chi connectivity index (χ4n) is 5.44. The fraction of sp³-hybridized carbons (Fsp3) is 0.522. The molecule has 0 spiro atoms. The summed E-state index contributed by atoms with van der Waals surface area (Å²) >= 11 is 0. The van der Waals surface area contributed by atoms with Crippen molar-refractivity contribution in [2.75, 3.05) is 80.3 Å². The summed E-state index contributed by atoms with van der Waals surface area (Å²) in [4.78, 5) is 75.0. The van der Waals surface area contributed by atoms with Crippen molar-refractivity contribution in [1.82, 2.24) is 0 Å². The van der Waals surface area contributed by atoms with Crippen LogP contribution in [-0.2, 0) is 73.1 Å². The standard InChI is InChI=1S/C46H61FO16/c1-8-9-10-11-12-13-20-56-39-19-17-35(27-37(39)47)34-16-18-38(36(26-34)15-14-21-57-40(48)32(2)3)60-28-46(29-61-41(49)33(4)5,30-62-44(52)42(50)58-24-22-54-6)31-63-45(53)43(51)59-25-23-55-7/h16-19,26-27H,2,4,8-15,20-25,28-31H2,1,3,5-7H3. The van der Waals surface area contributed by atoms with E-state index in [1.165, 1.54) is 40.6 Å². The van der Waals surface area contributed by atoms with Crippen molar-refractivity contribution in [3.8, 4) is 22.6 Å². The molecule has 16 nitrogen and oxygen atoms in total. The summed E-state index contributed by atoms with van der Waals surface area (Å²) in [6.45, 7) is 9.40. The molecule has 0 radical (unpaired) electrons. The number of hydrogen-bond donors (Lipinski definition) is 0. The Hall–Kier alpha value is -5.81. The van der Waals surface area contributed by atoms with Crippen LogP contribution < -0.4 is 9.47 Å². The Morgan fingerprint density at radius 2 is 1.00 bits per heavy atom. The van der Waals surface area contributed by atoms with Gasteiger partial charge in [0.15, 0.2) is 11.6 Å². The second-order valence-corrected chi connectivity index (χ2v) is 14.7. The molecule has 2 aromatic carbocycles. The SMILES string of the molecule is C=C(C)C(=O)OCCCc1cc(-c2ccc(OCCCCCCCC)c(F)c2)ccc1OCC(COC(=O)C(=C)C)(COC(=O)C(=O)OCCOC)COC(=O)C(=O)OCCOC. The molecule has 0 saturated heterocycles. The number of methoxy groups -OCH3 is 2. The first-order valence-electron chi connectivity index (χ1n) is 20.7. The molecule has 2 rings (SSSR count). The highest BCUT2D eigenvalue weighted by molar-refractivity contribution is 6.30. The third-order valence-corrected chi connectivity index (χ3v) is 9.04. The Morgan fingerprint density at radius 3 is 1.54 bits per heavy atom. The van der Waals surface area contributed by atoms with Crippen LogP contribution in [-0.4, -0.2) is 116 Å². The molecule has 0 aliphatic rings. The number of rotatable bonds is 30. The number of carbonyl (C=O) groups is 6. The molecule has 0 saturated carbocycles. The lowest BCUT2D eigenvalue weighted by Crippen LogP contribution is -2.45. The molecule has 0 amide bonds. The average molecular weight is 889 g/mol. The van der Waals surface area contributed by atoms with Crippen LogP contribution in [0.1, 0.15) is 71.3 Å². The van der Waals surface area contributed by atoms with Crippen molar-refractivity contribution in [2.24, 2.45) is 5.41 Å². The lowest BCUT2D eigenvalue weighted by molar-refractivity contribution is -0.179. The zero-order valence-electron chi connectivity index (χ0n) is 37.0. The molecule has 0 aromatic heterocycles. The number of carbonyl (C=O) groups excluding carboxylic acids is 6. The number of ether oxygens (including phenoxy) is 10. The van der Waals surface area contributed by atoms with Crippen molar-refractivity contribution in [3.63, 3.8) is 0 Å². The second kappa shape index (κ2) is 29.5. The smallest absolute Gasteiger partial charge is 0.417 e. The predicted octanol–water partition coefficient (Wildman–Crippen LogP) is 6.23. The van der Waals surface area contributed by atoms with Crippen LogP contribution >= 0.6 is 0 Å². The van der Waals surface area contributed by atoms with E-state index in [0.717, 1.165) is 32.1 Å². The maximum absolute atomic E-state index is 15.3. The van der Waals surface area contributed by atoms with Crippen LogP contribution in [0.15, 0.2) is 60.7 Å². The minimum atomic E-state index is -1.78. The van der Waals surface area contributed by atoms with Gasteiger partial charge < -0.3 is 47.4 Å². The first-order chi connectivity index (χ1) is 30.2. The highest BCUT2D eigenvalue weighted by Crippen LogP contribution is 2.32. The Bertz CT molecular complexity index is 1800.